The predicted octanol–water partition coefficient (Wildman–Crippen LogP) is -1.66. The first-order valence-corrected chi connectivity index (χ1v) is 3.57. The van der Waals surface area contributed by atoms with E-state index in [1.54, 1.807) is 18.6 Å². The molecule has 0 fully saturated rings. The van der Waals surface area contributed by atoms with Gasteiger partial charge in [0, 0.05) is 6.20 Å². The Morgan fingerprint density at radius 2 is 1.92 bits per heavy atom. The average molecular weight is 163 g/mol. The third-order valence-electron chi connectivity index (χ3n) is 1.42. The normalized spacial score (nSPS) is 8.92. The van der Waals surface area contributed by atoms with Crippen molar-refractivity contribution in [2.75, 3.05) is 0 Å². The van der Waals surface area contributed by atoms with Crippen LogP contribution in [0.2, 0.25) is 0 Å². The number of rotatable bonds is 1. The number of hydrogen-bond acceptors (Lipinski definition) is 3. The molecule has 0 aliphatic rings. The maximum absolute atomic E-state index is 4.12. The Hall–Kier alpha value is -1.17. The predicted molar refractivity (Wildman–Crippen MR) is 44.1 cm³/mol. The zero-order valence-corrected chi connectivity index (χ0v) is 7.31. The van der Waals surface area contributed by atoms with Crippen molar-refractivity contribution in [2.45, 2.75) is 0 Å². The van der Waals surface area contributed by atoms with Gasteiger partial charge in [0.1, 0.15) is 0 Å². The summed E-state index contributed by atoms with van der Waals surface area (Å²) in [6, 6.07) is 5.64. The van der Waals surface area contributed by atoms with E-state index in [2.05, 4.69) is 21.1 Å². The van der Waals surface area contributed by atoms with Crippen LogP contribution in [-0.2, 0) is 0 Å². The first-order valence-electron chi connectivity index (χ1n) is 3.57. The molecule has 0 aromatic carbocycles. The molecule has 0 unspecified atom stereocenters. The monoisotopic (exact) mass is 163 g/mol. The molecule has 58 valence electrons. The minimum atomic E-state index is 0. The molecule has 4 heteroatoms. The van der Waals surface area contributed by atoms with E-state index in [4.69, 9.17) is 0 Å². The molecule has 0 aliphatic carbocycles. The first kappa shape index (κ1) is 9.91. The van der Waals surface area contributed by atoms with Gasteiger partial charge in [0.2, 0.25) is 0 Å². The number of nitrogens with zero attached hydrogens (tertiary/aromatic N) is 3. The number of hydrogen-bond donors (Lipinski definition) is 0. The van der Waals surface area contributed by atoms with Crippen molar-refractivity contribution in [1.29, 1.82) is 0 Å². The van der Waals surface area contributed by atoms with E-state index < -0.39 is 0 Å². The summed E-state index contributed by atoms with van der Waals surface area (Å²) >= 11 is 0. The summed E-state index contributed by atoms with van der Waals surface area (Å²) in [4.78, 5) is 12.0. The number of aromatic nitrogens is 3. The molecular formula is C9H6LiN3. The van der Waals surface area contributed by atoms with Crippen molar-refractivity contribution in [1.82, 2.24) is 15.0 Å². The van der Waals surface area contributed by atoms with Crippen LogP contribution in [0.15, 0.2) is 36.8 Å². The molecular weight excluding hydrogens is 157 g/mol. The standard InChI is InChI=1S/C9H6N3.Li/c1-2-4-11-8(3-1)9-7-10-5-6-12-9;/h1-6H;/q-1;+1. The fraction of sp³-hybridized carbons (Fsp3) is 0. The van der Waals surface area contributed by atoms with Crippen LogP contribution in [0.3, 0.4) is 0 Å². The second-order valence-corrected chi connectivity index (χ2v) is 2.23. The molecule has 2 aromatic heterocycles. The Labute approximate surface area is 88.4 Å². The van der Waals surface area contributed by atoms with Gasteiger partial charge in [-0.3, -0.25) is 4.98 Å². The molecule has 0 radical (unpaired) electrons. The largest absolute Gasteiger partial charge is 1.00 e. The SMILES string of the molecule is [Li+].[c-]1nccnc1-c1ccccn1. The third kappa shape index (κ3) is 2.38. The quantitative estimate of drug-likeness (QED) is 0.373. The molecule has 0 bridgehead atoms. The molecule has 0 amide bonds. The van der Waals surface area contributed by atoms with Crippen molar-refractivity contribution >= 4 is 0 Å². The summed E-state index contributed by atoms with van der Waals surface area (Å²) in [5.41, 5.74) is 1.48. The maximum atomic E-state index is 4.12. The van der Waals surface area contributed by atoms with Crippen LogP contribution in [0.25, 0.3) is 11.4 Å². The van der Waals surface area contributed by atoms with Gasteiger partial charge >= 0.3 is 18.9 Å². The van der Waals surface area contributed by atoms with Crippen LogP contribution >= 0.6 is 0 Å². The summed E-state index contributed by atoms with van der Waals surface area (Å²) in [5, 5.41) is 0. The van der Waals surface area contributed by atoms with E-state index >= 15 is 0 Å². The molecule has 2 heterocycles. The second-order valence-electron chi connectivity index (χ2n) is 2.23. The van der Waals surface area contributed by atoms with Crippen molar-refractivity contribution < 1.29 is 18.9 Å². The minimum Gasteiger partial charge on any atom is -0.389 e. The van der Waals surface area contributed by atoms with Gasteiger partial charge in [-0.2, -0.15) is 0 Å². The molecule has 0 spiro atoms. The Morgan fingerprint density at radius 1 is 1.00 bits per heavy atom. The minimum absolute atomic E-state index is 0. The van der Waals surface area contributed by atoms with Crippen LogP contribution in [0.4, 0.5) is 0 Å². The molecule has 0 N–H and O–H groups in total. The van der Waals surface area contributed by atoms with E-state index in [1.165, 1.54) is 0 Å². The summed E-state index contributed by atoms with van der Waals surface area (Å²) in [5.74, 6) is 0. The van der Waals surface area contributed by atoms with Crippen molar-refractivity contribution in [2.24, 2.45) is 0 Å². The van der Waals surface area contributed by atoms with Gasteiger partial charge in [0.15, 0.2) is 0 Å². The van der Waals surface area contributed by atoms with Crippen molar-refractivity contribution in [3.63, 3.8) is 0 Å². The number of pyridine rings is 1. The van der Waals surface area contributed by atoms with Crippen LogP contribution in [-0.4, -0.2) is 15.0 Å². The average Bonchev–Trinajstić information content (AvgIpc) is 2.21. The molecule has 2 aromatic rings. The van der Waals surface area contributed by atoms with Crippen LogP contribution < -0.4 is 18.9 Å². The van der Waals surface area contributed by atoms with E-state index in [1.807, 2.05) is 18.2 Å². The van der Waals surface area contributed by atoms with Crippen LogP contribution in [0.5, 0.6) is 0 Å². The topological polar surface area (TPSA) is 38.7 Å². The van der Waals surface area contributed by atoms with Gasteiger partial charge in [-0.25, -0.2) is 0 Å². The van der Waals surface area contributed by atoms with Gasteiger partial charge in [-0.05, 0) is 23.7 Å². The fourth-order valence-electron chi connectivity index (χ4n) is 0.895. The van der Waals surface area contributed by atoms with E-state index in [0.717, 1.165) is 5.69 Å². The molecule has 3 nitrogen and oxygen atoms in total. The Morgan fingerprint density at radius 3 is 2.54 bits per heavy atom. The fourth-order valence-corrected chi connectivity index (χ4v) is 0.895. The Kier molecular flexibility index (Phi) is 3.63. The van der Waals surface area contributed by atoms with Crippen LogP contribution in [0, 0.1) is 6.20 Å². The van der Waals surface area contributed by atoms with E-state index in [-0.39, 0.29) is 18.9 Å². The smallest absolute Gasteiger partial charge is 0.389 e. The summed E-state index contributed by atoms with van der Waals surface area (Å²) in [6.45, 7) is 0. The summed E-state index contributed by atoms with van der Waals surface area (Å²) in [6.07, 6.45) is 7.70. The summed E-state index contributed by atoms with van der Waals surface area (Å²) < 4.78 is 0. The summed E-state index contributed by atoms with van der Waals surface area (Å²) in [7, 11) is 0. The van der Waals surface area contributed by atoms with E-state index in [0.29, 0.717) is 5.69 Å². The van der Waals surface area contributed by atoms with Crippen molar-refractivity contribution in [3.05, 3.63) is 43.0 Å². The third-order valence-corrected chi connectivity index (χ3v) is 1.42. The van der Waals surface area contributed by atoms with Gasteiger partial charge in [0.25, 0.3) is 0 Å². The maximum Gasteiger partial charge on any atom is 1.00 e. The van der Waals surface area contributed by atoms with E-state index in [9.17, 15) is 0 Å². The molecule has 2 rings (SSSR count). The van der Waals surface area contributed by atoms with Gasteiger partial charge in [0.05, 0.1) is 0 Å². The van der Waals surface area contributed by atoms with Crippen molar-refractivity contribution in [3.8, 4) is 11.4 Å². The van der Waals surface area contributed by atoms with Gasteiger partial charge in [-0.15, -0.1) is 0 Å². The first-order chi connectivity index (χ1) is 5.97. The van der Waals surface area contributed by atoms with Crippen LogP contribution in [0.1, 0.15) is 0 Å². The molecule has 0 saturated heterocycles. The molecule has 0 aliphatic heterocycles. The zero-order valence-electron chi connectivity index (χ0n) is 7.31. The Bertz CT molecular complexity index is 312. The zero-order chi connectivity index (χ0) is 8.23. The Balaban J connectivity index is 0.000000845. The molecule has 0 saturated carbocycles. The van der Waals surface area contributed by atoms with Gasteiger partial charge in [-0.1, -0.05) is 24.5 Å². The molecule has 0 atom stereocenters. The van der Waals surface area contributed by atoms with Gasteiger partial charge < -0.3 is 9.97 Å². The molecule has 13 heavy (non-hydrogen) atoms. The second kappa shape index (κ2) is 4.76.